The molecule has 0 saturated carbocycles. The van der Waals surface area contributed by atoms with Crippen molar-refractivity contribution in [2.24, 2.45) is 0 Å². The Morgan fingerprint density at radius 1 is 0.625 bits per heavy atom. The smallest absolute Gasteiger partial charge is 0.171 e. The van der Waals surface area contributed by atoms with Gasteiger partial charge in [0, 0.05) is 81.6 Å². The molecule has 0 atom stereocenters. The number of ether oxygens (including phenoxy) is 3. The van der Waals surface area contributed by atoms with E-state index in [4.69, 9.17) is 42.5 Å². The molecule has 6 rings (SSSR count). The summed E-state index contributed by atoms with van der Waals surface area (Å²) >= 11 is 14.3. The number of hydrogen-bond donors (Lipinski definition) is 1. The zero-order valence-corrected chi connectivity index (χ0v) is 31.0. The second kappa shape index (κ2) is 20.7. The molecule has 4 aromatic heterocycles. The highest BCUT2D eigenvalue weighted by atomic mass is 79.9. The van der Waals surface area contributed by atoms with Crippen molar-refractivity contribution >= 4 is 50.8 Å². The van der Waals surface area contributed by atoms with Crippen molar-refractivity contribution in [2.75, 3.05) is 97.6 Å². The Labute approximate surface area is 301 Å². The van der Waals surface area contributed by atoms with Crippen molar-refractivity contribution in [1.29, 1.82) is 0 Å². The van der Waals surface area contributed by atoms with Crippen LogP contribution in [0, 0.1) is 0 Å². The number of aromatic hydroxyl groups is 1. The number of rotatable bonds is 5. The molecule has 48 heavy (non-hydrogen) atoms. The largest absolute Gasteiger partial charge is 0.505 e. The number of pyridine rings is 4. The number of methoxy groups -OCH3 is 3. The van der Waals surface area contributed by atoms with E-state index in [9.17, 15) is 0 Å². The van der Waals surface area contributed by atoms with Gasteiger partial charge in [-0.1, -0.05) is 23.2 Å². The number of nitrogens with zero attached hydrogens (tertiary/aromatic N) is 8. The molecule has 12 nitrogen and oxygen atoms in total. The summed E-state index contributed by atoms with van der Waals surface area (Å²) in [5.41, 5.74) is 0. The summed E-state index contributed by atoms with van der Waals surface area (Å²) < 4.78 is 16.5. The standard InChI is InChI=1S/C11H16BrN3O.C11H17N3O.C6H6ClNO.C5H4ClNO/c1-14-3-5-15(6-4-14)11-10(16-2)7-9(12)8-13-11;1-13-6-8-14(9-7-13)11-10(15-2)4-3-5-12-11;1-9-5-3-2-4-8-6(5)7;6-5-4(8)2-1-3-7-5/h7-8H,3-6H2,1-2H3;3-5H,6-9H2,1-2H3;2-4H,1H3;1-3,8H. The maximum Gasteiger partial charge on any atom is 0.171 e. The first-order valence-corrected chi connectivity index (χ1v) is 16.7. The molecule has 0 bridgehead atoms. The molecular weight excluding hydrogens is 723 g/mol. The Bertz CT molecular complexity index is 1510. The van der Waals surface area contributed by atoms with E-state index in [0.29, 0.717) is 10.9 Å². The predicted molar refractivity (Wildman–Crippen MR) is 195 cm³/mol. The van der Waals surface area contributed by atoms with Gasteiger partial charge in [0.1, 0.15) is 0 Å². The minimum atomic E-state index is 0.0224. The lowest BCUT2D eigenvalue weighted by Crippen LogP contribution is -2.44. The van der Waals surface area contributed by atoms with Crippen molar-refractivity contribution in [3.05, 3.63) is 82.0 Å². The topological polar surface area (TPSA) is 112 Å². The first-order chi connectivity index (χ1) is 23.2. The molecule has 0 unspecified atom stereocenters. The summed E-state index contributed by atoms with van der Waals surface area (Å²) in [5.74, 6) is 4.24. The van der Waals surface area contributed by atoms with Gasteiger partial charge in [0.05, 0.1) is 21.3 Å². The molecule has 2 fully saturated rings. The van der Waals surface area contributed by atoms with Crippen LogP contribution in [0.25, 0.3) is 0 Å². The lowest BCUT2D eigenvalue weighted by atomic mass is 10.3. The van der Waals surface area contributed by atoms with E-state index in [1.165, 1.54) is 12.3 Å². The van der Waals surface area contributed by atoms with Crippen LogP contribution < -0.4 is 24.0 Å². The number of piperazine rings is 2. The highest BCUT2D eigenvalue weighted by Gasteiger charge is 2.19. The van der Waals surface area contributed by atoms with Crippen LogP contribution in [0.15, 0.2) is 71.7 Å². The van der Waals surface area contributed by atoms with Gasteiger partial charge in [-0.25, -0.2) is 19.9 Å². The number of aromatic nitrogens is 4. The van der Waals surface area contributed by atoms with Crippen LogP contribution in [0.2, 0.25) is 10.3 Å². The van der Waals surface area contributed by atoms with Gasteiger partial charge in [-0.3, -0.25) is 0 Å². The van der Waals surface area contributed by atoms with Gasteiger partial charge < -0.3 is 38.9 Å². The van der Waals surface area contributed by atoms with Crippen molar-refractivity contribution < 1.29 is 19.3 Å². The normalized spacial score (nSPS) is 14.7. The van der Waals surface area contributed by atoms with Crippen LogP contribution in [0.3, 0.4) is 0 Å². The fraction of sp³-hybridized carbons (Fsp3) is 0.394. The van der Waals surface area contributed by atoms with Gasteiger partial charge in [-0.05, 0) is 72.5 Å². The molecule has 260 valence electrons. The molecule has 6 heterocycles. The van der Waals surface area contributed by atoms with Crippen LogP contribution in [-0.4, -0.2) is 123 Å². The van der Waals surface area contributed by atoms with Crippen molar-refractivity contribution in [3.8, 4) is 23.0 Å². The van der Waals surface area contributed by atoms with Crippen molar-refractivity contribution in [2.45, 2.75) is 0 Å². The van der Waals surface area contributed by atoms with Crippen molar-refractivity contribution in [1.82, 2.24) is 29.7 Å². The molecule has 0 aromatic carbocycles. The van der Waals surface area contributed by atoms with Crippen molar-refractivity contribution in [3.63, 3.8) is 0 Å². The van der Waals surface area contributed by atoms with Gasteiger partial charge in [-0.2, -0.15) is 0 Å². The molecule has 2 aliphatic rings. The van der Waals surface area contributed by atoms with E-state index >= 15 is 0 Å². The van der Waals surface area contributed by atoms with Crippen LogP contribution >= 0.6 is 39.1 Å². The van der Waals surface area contributed by atoms with E-state index in [1.54, 1.807) is 45.7 Å². The Balaban J connectivity index is 0.000000181. The van der Waals surface area contributed by atoms with Gasteiger partial charge in [0.15, 0.2) is 44.9 Å². The van der Waals surface area contributed by atoms with Gasteiger partial charge >= 0.3 is 0 Å². The lowest BCUT2D eigenvalue weighted by Gasteiger charge is -2.33. The van der Waals surface area contributed by atoms with Crippen LogP contribution in [0.4, 0.5) is 11.6 Å². The maximum absolute atomic E-state index is 8.72. The zero-order chi connectivity index (χ0) is 34.9. The number of halogens is 3. The molecule has 4 aromatic rings. The van der Waals surface area contributed by atoms with Crippen LogP contribution in [0.5, 0.6) is 23.0 Å². The van der Waals surface area contributed by atoms with E-state index < -0.39 is 0 Å². The van der Waals surface area contributed by atoms with E-state index in [2.05, 4.69) is 69.6 Å². The lowest BCUT2D eigenvalue weighted by molar-refractivity contribution is 0.310. The SMILES string of the molecule is COc1cc(Br)cnc1N1CCN(C)CC1.COc1cccnc1Cl.COc1cccnc1N1CCN(C)CC1.Oc1cccnc1Cl. The second-order valence-corrected chi connectivity index (χ2v) is 12.2. The number of likely N-dealkylation sites (N-methyl/N-ethyl adjacent to an activating group) is 2. The molecule has 2 aliphatic heterocycles. The third kappa shape index (κ3) is 12.4. The second-order valence-electron chi connectivity index (χ2n) is 10.6. The quantitative estimate of drug-likeness (QED) is 0.254. The van der Waals surface area contributed by atoms with Gasteiger partial charge in [-0.15, -0.1) is 0 Å². The highest BCUT2D eigenvalue weighted by Crippen LogP contribution is 2.29. The Hall–Kier alpha value is -3.62. The Morgan fingerprint density at radius 2 is 1.08 bits per heavy atom. The minimum absolute atomic E-state index is 0.0224. The summed E-state index contributed by atoms with van der Waals surface area (Å²) in [6.45, 7) is 8.35. The average molecular weight is 767 g/mol. The zero-order valence-electron chi connectivity index (χ0n) is 27.9. The van der Waals surface area contributed by atoms with Gasteiger partial charge in [0.2, 0.25) is 0 Å². The molecule has 15 heteroatoms. The number of hydrogen-bond acceptors (Lipinski definition) is 12. The number of anilines is 2. The van der Waals surface area contributed by atoms with E-state index in [-0.39, 0.29) is 10.9 Å². The molecule has 0 aliphatic carbocycles. The maximum atomic E-state index is 8.72. The fourth-order valence-corrected chi connectivity index (χ4v) is 5.14. The third-order valence-corrected chi connectivity index (χ3v) is 8.29. The highest BCUT2D eigenvalue weighted by molar-refractivity contribution is 9.10. The first kappa shape index (κ1) is 38.8. The Morgan fingerprint density at radius 3 is 1.52 bits per heavy atom. The van der Waals surface area contributed by atoms with E-state index in [0.717, 1.165) is 80.0 Å². The Kier molecular flexibility index (Phi) is 16.7. The summed E-state index contributed by atoms with van der Waals surface area (Å²) in [6.07, 6.45) is 6.76. The summed E-state index contributed by atoms with van der Waals surface area (Å²) in [5, 5.41) is 9.27. The first-order valence-electron chi connectivity index (χ1n) is 15.2. The van der Waals surface area contributed by atoms with E-state index in [1.807, 2.05) is 30.6 Å². The van der Waals surface area contributed by atoms with Crippen LogP contribution in [-0.2, 0) is 0 Å². The summed E-state index contributed by atoms with van der Waals surface area (Å²) in [7, 11) is 9.22. The molecule has 0 spiro atoms. The minimum Gasteiger partial charge on any atom is -0.505 e. The monoisotopic (exact) mass is 764 g/mol. The molecule has 1 N–H and O–H groups in total. The third-order valence-electron chi connectivity index (χ3n) is 7.28. The fourth-order valence-electron chi connectivity index (χ4n) is 4.52. The van der Waals surface area contributed by atoms with Crippen LogP contribution in [0.1, 0.15) is 0 Å². The molecule has 0 amide bonds. The molecule has 2 saturated heterocycles. The van der Waals surface area contributed by atoms with Gasteiger partial charge in [0.25, 0.3) is 0 Å². The predicted octanol–water partition coefficient (Wildman–Crippen LogP) is 5.63. The summed E-state index contributed by atoms with van der Waals surface area (Å²) in [6, 6.07) is 12.4. The molecular formula is C33H43BrCl2N8O4. The summed E-state index contributed by atoms with van der Waals surface area (Å²) in [4.78, 5) is 25.4. The molecule has 0 radical (unpaired) electrons. The average Bonchev–Trinajstić information content (AvgIpc) is 3.11.